The van der Waals surface area contributed by atoms with E-state index in [1.165, 1.54) is 35.1 Å². The first-order chi connectivity index (χ1) is 13.4. The topological polar surface area (TPSA) is 56.2 Å². The van der Waals surface area contributed by atoms with Gasteiger partial charge in [-0.15, -0.1) is 0 Å². The van der Waals surface area contributed by atoms with Gasteiger partial charge in [0.05, 0.1) is 0 Å². The number of aromatic nitrogens is 2. The summed E-state index contributed by atoms with van der Waals surface area (Å²) in [6.45, 7) is 2.13. The second kappa shape index (κ2) is 8.60. The third-order valence-corrected chi connectivity index (χ3v) is 4.13. The molecule has 1 amide bonds. The van der Waals surface area contributed by atoms with Crippen molar-refractivity contribution in [3.63, 3.8) is 0 Å². The minimum absolute atomic E-state index is 0.00331. The third kappa shape index (κ3) is 4.91. The highest BCUT2D eigenvalue weighted by molar-refractivity contribution is 5.92. The summed E-state index contributed by atoms with van der Waals surface area (Å²) in [5, 5.41) is 6.83. The Bertz CT molecular complexity index is 958. The van der Waals surface area contributed by atoms with Gasteiger partial charge in [0.2, 0.25) is 0 Å². The second-order valence-corrected chi connectivity index (χ2v) is 6.25. The van der Waals surface area contributed by atoms with E-state index in [-0.39, 0.29) is 35.8 Å². The Kier molecular flexibility index (Phi) is 5.98. The van der Waals surface area contributed by atoms with Crippen LogP contribution in [0.2, 0.25) is 0 Å². The Morgan fingerprint density at radius 1 is 1.11 bits per heavy atom. The number of nitrogens with one attached hydrogen (secondary N) is 1. The van der Waals surface area contributed by atoms with Crippen LogP contribution in [0, 0.1) is 17.5 Å². The van der Waals surface area contributed by atoms with Crippen LogP contribution in [0.1, 0.15) is 28.9 Å². The van der Waals surface area contributed by atoms with Crippen molar-refractivity contribution in [3.8, 4) is 5.75 Å². The van der Waals surface area contributed by atoms with Crippen LogP contribution >= 0.6 is 0 Å². The van der Waals surface area contributed by atoms with E-state index in [1.807, 2.05) is 6.92 Å². The van der Waals surface area contributed by atoms with Gasteiger partial charge in [-0.1, -0.05) is 19.1 Å². The number of benzene rings is 2. The van der Waals surface area contributed by atoms with Crippen LogP contribution in [-0.4, -0.2) is 22.2 Å². The van der Waals surface area contributed by atoms with E-state index in [1.54, 1.807) is 12.1 Å². The Morgan fingerprint density at radius 2 is 1.82 bits per heavy atom. The molecular formula is C20H18F3N3O2. The molecule has 0 fully saturated rings. The first kappa shape index (κ1) is 19.5. The molecule has 3 rings (SSSR count). The van der Waals surface area contributed by atoms with Crippen molar-refractivity contribution in [3.05, 3.63) is 83.4 Å². The molecule has 1 atom stereocenters. The van der Waals surface area contributed by atoms with Gasteiger partial charge < -0.3 is 10.1 Å². The SMILES string of the molecule is CC(CNC(=O)c1ccn(COc2ccc(F)cc2F)n1)c1ccc(F)cc1. The number of halogens is 3. The van der Waals surface area contributed by atoms with E-state index in [9.17, 15) is 18.0 Å². The first-order valence-electron chi connectivity index (χ1n) is 8.57. The quantitative estimate of drug-likeness (QED) is 0.667. The summed E-state index contributed by atoms with van der Waals surface area (Å²) >= 11 is 0. The number of hydrogen-bond donors (Lipinski definition) is 1. The van der Waals surface area contributed by atoms with Gasteiger partial charge in [-0.05, 0) is 41.8 Å². The molecule has 28 heavy (non-hydrogen) atoms. The lowest BCUT2D eigenvalue weighted by molar-refractivity contribution is 0.0944. The molecule has 1 heterocycles. The Morgan fingerprint density at radius 3 is 2.54 bits per heavy atom. The zero-order valence-corrected chi connectivity index (χ0v) is 15.0. The molecule has 0 saturated heterocycles. The van der Waals surface area contributed by atoms with E-state index in [2.05, 4.69) is 10.4 Å². The molecular weight excluding hydrogens is 371 g/mol. The monoisotopic (exact) mass is 389 g/mol. The molecule has 146 valence electrons. The average molecular weight is 389 g/mol. The molecule has 2 aromatic carbocycles. The van der Waals surface area contributed by atoms with Crippen LogP contribution in [-0.2, 0) is 6.73 Å². The summed E-state index contributed by atoms with van der Waals surface area (Å²) in [6.07, 6.45) is 1.51. The van der Waals surface area contributed by atoms with Crippen molar-refractivity contribution in [1.82, 2.24) is 15.1 Å². The van der Waals surface area contributed by atoms with Crippen molar-refractivity contribution >= 4 is 5.91 Å². The fourth-order valence-corrected chi connectivity index (χ4v) is 2.53. The van der Waals surface area contributed by atoms with E-state index in [0.717, 1.165) is 17.7 Å². The summed E-state index contributed by atoms with van der Waals surface area (Å²) in [6, 6.07) is 10.6. The summed E-state index contributed by atoms with van der Waals surface area (Å²) < 4.78 is 46.0. The van der Waals surface area contributed by atoms with Gasteiger partial charge in [-0.25, -0.2) is 17.9 Å². The summed E-state index contributed by atoms with van der Waals surface area (Å²) in [5.74, 6) is -2.32. The molecule has 0 saturated carbocycles. The van der Waals surface area contributed by atoms with E-state index in [4.69, 9.17) is 4.74 Å². The number of rotatable bonds is 7. The summed E-state index contributed by atoms with van der Waals surface area (Å²) in [5.41, 5.74) is 1.08. The van der Waals surface area contributed by atoms with Gasteiger partial charge in [-0.2, -0.15) is 5.10 Å². The molecule has 3 aromatic rings. The smallest absolute Gasteiger partial charge is 0.271 e. The van der Waals surface area contributed by atoms with Crippen LogP contribution in [0.3, 0.4) is 0 Å². The zero-order valence-electron chi connectivity index (χ0n) is 15.0. The molecule has 0 aliphatic carbocycles. The van der Waals surface area contributed by atoms with Crippen LogP contribution < -0.4 is 10.1 Å². The normalized spacial score (nSPS) is 11.9. The van der Waals surface area contributed by atoms with E-state index >= 15 is 0 Å². The largest absolute Gasteiger partial charge is 0.468 e. The molecule has 1 unspecified atom stereocenters. The summed E-state index contributed by atoms with van der Waals surface area (Å²) in [7, 11) is 0. The highest BCUT2D eigenvalue weighted by atomic mass is 19.1. The minimum Gasteiger partial charge on any atom is -0.468 e. The second-order valence-electron chi connectivity index (χ2n) is 6.25. The molecule has 0 aliphatic heterocycles. The van der Waals surface area contributed by atoms with Gasteiger partial charge >= 0.3 is 0 Å². The van der Waals surface area contributed by atoms with Crippen LogP contribution in [0.15, 0.2) is 54.7 Å². The molecule has 0 radical (unpaired) electrons. The zero-order chi connectivity index (χ0) is 20.1. The van der Waals surface area contributed by atoms with Gasteiger partial charge in [0.1, 0.15) is 17.3 Å². The molecule has 1 aromatic heterocycles. The van der Waals surface area contributed by atoms with E-state index < -0.39 is 11.6 Å². The van der Waals surface area contributed by atoms with Crippen molar-refractivity contribution in [2.24, 2.45) is 0 Å². The first-order valence-corrected chi connectivity index (χ1v) is 8.57. The number of ether oxygens (including phenoxy) is 1. The molecule has 1 N–H and O–H groups in total. The molecule has 0 spiro atoms. The van der Waals surface area contributed by atoms with Gasteiger partial charge in [0.15, 0.2) is 18.3 Å². The predicted molar refractivity (Wildman–Crippen MR) is 96.4 cm³/mol. The maximum Gasteiger partial charge on any atom is 0.271 e. The lowest BCUT2D eigenvalue weighted by Crippen LogP contribution is -2.28. The van der Waals surface area contributed by atoms with Gasteiger partial charge in [0.25, 0.3) is 5.91 Å². The molecule has 0 aliphatic rings. The molecule has 5 nitrogen and oxygen atoms in total. The van der Waals surface area contributed by atoms with Crippen LogP contribution in [0.5, 0.6) is 5.75 Å². The number of amides is 1. The fraction of sp³-hybridized carbons (Fsp3) is 0.200. The lowest BCUT2D eigenvalue weighted by Gasteiger charge is -2.12. The van der Waals surface area contributed by atoms with Crippen LogP contribution in [0.25, 0.3) is 0 Å². The van der Waals surface area contributed by atoms with Crippen molar-refractivity contribution < 1.29 is 22.7 Å². The maximum atomic E-state index is 13.5. The van der Waals surface area contributed by atoms with E-state index in [0.29, 0.717) is 6.54 Å². The minimum atomic E-state index is -0.820. The lowest BCUT2D eigenvalue weighted by atomic mass is 10.0. The average Bonchev–Trinajstić information content (AvgIpc) is 3.15. The Hall–Kier alpha value is -3.29. The number of carbonyl (C=O) groups excluding carboxylic acids is 1. The number of hydrogen-bond acceptors (Lipinski definition) is 3. The number of carbonyl (C=O) groups is 1. The number of nitrogens with zero attached hydrogens (tertiary/aromatic N) is 2. The fourth-order valence-electron chi connectivity index (χ4n) is 2.53. The maximum absolute atomic E-state index is 13.5. The highest BCUT2D eigenvalue weighted by Gasteiger charge is 2.13. The van der Waals surface area contributed by atoms with Gasteiger partial charge in [-0.3, -0.25) is 4.79 Å². The molecule has 8 heteroatoms. The third-order valence-electron chi connectivity index (χ3n) is 4.13. The predicted octanol–water partition coefficient (Wildman–Crippen LogP) is 3.87. The Labute approximate surface area is 159 Å². The van der Waals surface area contributed by atoms with Crippen molar-refractivity contribution in [1.29, 1.82) is 0 Å². The standard InChI is InChI=1S/C20H18F3N3O2/c1-13(14-2-4-15(21)5-3-14)11-24-20(27)18-8-9-26(25-18)12-28-19-7-6-16(22)10-17(19)23/h2-10,13H,11-12H2,1H3,(H,24,27). The summed E-state index contributed by atoms with van der Waals surface area (Å²) in [4.78, 5) is 12.2. The van der Waals surface area contributed by atoms with Crippen molar-refractivity contribution in [2.45, 2.75) is 19.6 Å². The van der Waals surface area contributed by atoms with Gasteiger partial charge in [0, 0.05) is 18.8 Å². The highest BCUT2D eigenvalue weighted by Crippen LogP contribution is 2.18. The Balaban J connectivity index is 1.52. The van der Waals surface area contributed by atoms with Crippen molar-refractivity contribution in [2.75, 3.05) is 6.54 Å². The van der Waals surface area contributed by atoms with Crippen LogP contribution in [0.4, 0.5) is 13.2 Å². The molecule has 0 bridgehead atoms.